The number of ether oxygens (including phenoxy) is 1. The van der Waals surface area contributed by atoms with Crippen LogP contribution in [0.15, 0.2) is 24.3 Å². The number of carbonyl (C=O) groups excluding carboxylic acids is 1. The maximum atomic E-state index is 14.1. The molecular formula is C12H15FO2. The van der Waals surface area contributed by atoms with Gasteiger partial charge in [0.1, 0.15) is 0 Å². The highest BCUT2D eigenvalue weighted by Gasteiger charge is 2.36. The first-order valence-corrected chi connectivity index (χ1v) is 4.91. The fraction of sp³-hybridized carbons (Fsp3) is 0.417. The average molecular weight is 210 g/mol. The van der Waals surface area contributed by atoms with Gasteiger partial charge in [-0.05, 0) is 20.8 Å². The Morgan fingerprint density at radius 3 is 2.40 bits per heavy atom. The molecule has 1 unspecified atom stereocenters. The van der Waals surface area contributed by atoms with Gasteiger partial charge in [-0.25, -0.2) is 9.18 Å². The van der Waals surface area contributed by atoms with Gasteiger partial charge in [-0.3, -0.25) is 0 Å². The van der Waals surface area contributed by atoms with Crippen LogP contribution in [0.25, 0.3) is 0 Å². The topological polar surface area (TPSA) is 26.3 Å². The number of carbonyl (C=O) groups is 1. The van der Waals surface area contributed by atoms with Crippen LogP contribution < -0.4 is 0 Å². The van der Waals surface area contributed by atoms with Gasteiger partial charge in [-0.1, -0.05) is 29.8 Å². The number of benzene rings is 1. The van der Waals surface area contributed by atoms with Crippen LogP contribution in [0.5, 0.6) is 0 Å². The molecule has 1 rings (SSSR count). The summed E-state index contributed by atoms with van der Waals surface area (Å²) < 4.78 is 18.7. The van der Waals surface area contributed by atoms with Gasteiger partial charge in [0.15, 0.2) is 0 Å². The molecule has 1 aromatic carbocycles. The predicted octanol–water partition coefficient (Wildman–Crippen LogP) is 2.74. The molecule has 0 heterocycles. The second kappa shape index (κ2) is 4.43. The second-order valence-electron chi connectivity index (χ2n) is 3.59. The Bertz CT molecular complexity index is 341. The van der Waals surface area contributed by atoms with Crippen molar-refractivity contribution in [3.8, 4) is 0 Å². The Kier molecular flexibility index (Phi) is 3.45. The monoisotopic (exact) mass is 210 g/mol. The highest BCUT2D eigenvalue weighted by molar-refractivity contribution is 5.80. The lowest BCUT2D eigenvalue weighted by atomic mass is 9.97. The number of hydrogen-bond acceptors (Lipinski definition) is 2. The van der Waals surface area contributed by atoms with Crippen molar-refractivity contribution in [1.82, 2.24) is 0 Å². The van der Waals surface area contributed by atoms with Gasteiger partial charge in [-0.2, -0.15) is 0 Å². The molecule has 1 atom stereocenters. The Balaban J connectivity index is 2.94. The van der Waals surface area contributed by atoms with Crippen molar-refractivity contribution < 1.29 is 13.9 Å². The molecule has 0 aromatic heterocycles. The highest BCUT2D eigenvalue weighted by Crippen LogP contribution is 2.27. The quantitative estimate of drug-likeness (QED) is 0.717. The Morgan fingerprint density at radius 2 is 1.93 bits per heavy atom. The van der Waals surface area contributed by atoms with E-state index < -0.39 is 11.6 Å². The van der Waals surface area contributed by atoms with E-state index in [1.807, 2.05) is 6.92 Å². The molecule has 0 amide bonds. The van der Waals surface area contributed by atoms with Crippen molar-refractivity contribution >= 4 is 5.97 Å². The van der Waals surface area contributed by atoms with E-state index in [1.54, 1.807) is 31.2 Å². The van der Waals surface area contributed by atoms with E-state index in [1.165, 1.54) is 6.92 Å². The molecule has 0 aliphatic rings. The van der Waals surface area contributed by atoms with Gasteiger partial charge in [0.05, 0.1) is 6.61 Å². The molecule has 0 N–H and O–H groups in total. The third-order valence-corrected chi connectivity index (χ3v) is 2.25. The fourth-order valence-corrected chi connectivity index (χ4v) is 1.25. The lowest BCUT2D eigenvalue weighted by molar-refractivity contribution is -0.156. The number of rotatable bonds is 3. The van der Waals surface area contributed by atoms with Gasteiger partial charge in [0.25, 0.3) is 0 Å². The normalized spacial score (nSPS) is 14.4. The van der Waals surface area contributed by atoms with Gasteiger partial charge >= 0.3 is 5.97 Å². The second-order valence-corrected chi connectivity index (χ2v) is 3.59. The predicted molar refractivity (Wildman–Crippen MR) is 56.3 cm³/mol. The van der Waals surface area contributed by atoms with Crippen LogP contribution in [0.4, 0.5) is 4.39 Å². The number of esters is 1. The van der Waals surface area contributed by atoms with Crippen LogP contribution in [0.1, 0.15) is 25.0 Å². The first-order chi connectivity index (χ1) is 6.98. The Morgan fingerprint density at radius 1 is 1.40 bits per heavy atom. The summed E-state index contributed by atoms with van der Waals surface area (Å²) in [6.07, 6.45) is 0. The van der Waals surface area contributed by atoms with E-state index in [-0.39, 0.29) is 6.61 Å². The summed E-state index contributed by atoms with van der Waals surface area (Å²) in [6.45, 7) is 4.96. The lowest BCUT2D eigenvalue weighted by Crippen LogP contribution is -2.29. The Labute approximate surface area is 89.1 Å². The lowest BCUT2D eigenvalue weighted by Gasteiger charge is -2.18. The minimum atomic E-state index is -2.07. The standard InChI is InChI=1S/C12H15FO2/c1-4-15-11(14)12(3,13)10-7-5-9(2)6-8-10/h5-8H,4H2,1-3H3. The maximum Gasteiger partial charge on any atom is 0.348 e. The van der Waals surface area contributed by atoms with Gasteiger partial charge in [0, 0.05) is 5.56 Å². The SMILES string of the molecule is CCOC(=O)C(C)(F)c1ccc(C)cc1. The molecule has 3 heteroatoms. The zero-order valence-corrected chi connectivity index (χ0v) is 9.21. The van der Waals surface area contributed by atoms with Crippen molar-refractivity contribution in [2.45, 2.75) is 26.4 Å². The molecule has 0 fully saturated rings. The maximum absolute atomic E-state index is 14.1. The molecule has 0 saturated carbocycles. The van der Waals surface area contributed by atoms with E-state index in [0.717, 1.165) is 5.56 Å². The molecule has 1 aromatic rings. The third kappa shape index (κ3) is 2.55. The number of aryl methyl sites for hydroxylation is 1. The molecule has 0 aliphatic carbocycles. The summed E-state index contributed by atoms with van der Waals surface area (Å²) in [4.78, 5) is 11.4. The van der Waals surface area contributed by atoms with E-state index in [9.17, 15) is 9.18 Å². The first-order valence-electron chi connectivity index (χ1n) is 4.91. The van der Waals surface area contributed by atoms with Crippen LogP contribution in [0, 0.1) is 6.92 Å². The molecule has 15 heavy (non-hydrogen) atoms. The summed E-state index contributed by atoms with van der Waals surface area (Å²) >= 11 is 0. The zero-order chi connectivity index (χ0) is 11.5. The summed E-state index contributed by atoms with van der Waals surface area (Å²) in [5.74, 6) is -0.839. The molecule has 0 bridgehead atoms. The Hall–Kier alpha value is -1.38. The smallest absolute Gasteiger partial charge is 0.348 e. The molecular weight excluding hydrogens is 195 g/mol. The summed E-state index contributed by atoms with van der Waals surface area (Å²) in [5, 5.41) is 0. The third-order valence-electron chi connectivity index (χ3n) is 2.25. The summed E-state index contributed by atoms with van der Waals surface area (Å²) in [7, 11) is 0. The van der Waals surface area contributed by atoms with E-state index >= 15 is 0 Å². The molecule has 82 valence electrons. The molecule has 0 spiro atoms. The van der Waals surface area contributed by atoms with Crippen molar-refractivity contribution in [3.63, 3.8) is 0 Å². The van der Waals surface area contributed by atoms with Crippen molar-refractivity contribution in [2.75, 3.05) is 6.61 Å². The van der Waals surface area contributed by atoms with Gasteiger partial charge < -0.3 is 4.74 Å². The van der Waals surface area contributed by atoms with Crippen LogP contribution in [-0.4, -0.2) is 12.6 Å². The number of halogens is 1. The van der Waals surface area contributed by atoms with Crippen LogP contribution in [-0.2, 0) is 15.2 Å². The summed E-state index contributed by atoms with van der Waals surface area (Å²) in [5.41, 5.74) is -0.714. The largest absolute Gasteiger partial charge is 0.463 e. The number of hydrogen-bond donors (Lipinski definition) is 0. The molecule has 0 aliphatic heterocycles. The minimum Gasteiger partial charge on any atom is -0.463 e. The minimum absolute atomic E-state index is 0.185. The van der Waals surface area contributed by atoms with Crippen LogP contribution >= 0.6 is 0 Å². The fourth-order valence-electron chi connectivity index (χ4n) is 1.25. The van der Waals surface area contributed by atoms with E-state index in [2.05, 4.69) is 4.74 Å². The first kappa shape index (κ1) is 11.7. The van der Waals surface area contributed by atoms with E-state index in [4.69, 9.17) is 0 Å². The van der Waals surface area contributed by atoms with Crippen molar-refractivity contribution in [2.24, 2.45) is 0 Å². The zero-order valence-electron chi connectivity index (χ0n) is 9.21. The van der Waals surface area contributed by atoms with E-state index in [0.29, 0.717) is 5.56 Å². The van der Waals surface area contributed by atoms with Crippen LogP contribution in [0.3, 0.4) is 0 Å². The molecule has 2 nitrogen and oxygen atoms in total. The average Bonchev–Trinajstić information content (AvgIpc) is 2.18. The summed E-state index contributed by atoms with van der Waals surface area (Å²) in [6, 6.07) is 6.75. The van der Waals surface area contributed by atoms with Gasteiger partial charge in [-0.15, -0.1) is 0 Å². The number of alkyl halides is 1. The van der Waals surface area contributed by atoms with Crippen molar-refractivity contribution in [3.05, 3.63) is 35.4 Å². The van der Waals surface area contributed by atoms with Gasteiger partial charge in [0.2, 0.25) is 5.67 Å². The van der Waals surface area contributed by atoms with Crippen LogP contribution in [0.2, 0.25) is 0 Å². The van der Waals surface area contributed by atoms with Crippen molar-refractivity contribution in [1.29, 1.82) is 0 Å². The molecule has 0 saturated heterocycles. The highest BCUT2D eigenvalue weighted by atomic mass is 19.1. The molecule has 0 radical (unpaired) electrons.